The first kappa shape index (κ1) is 16.3. The van der Waals surface area contributed by atoms with Crippen molar-refractivity contribution in [1.29, 1.82) is 0 Å². The second-order valence-electron chi connectivity index (χ2n) is 5.44. The minimum absolute atomic E-state index is 0.117. The van der Waals surface area contributed by atoms with Gasteiger partial charge in [-0.05, 0) is 37.3 Å². The van der Waals surface area contributed by atoms with Crippen LogP contribution in [0.3, 0.4) is 0 Å². The third-order valence-electron chi connectivity index (χ3n) is 3.75. The average Bonchev–Trinajstić information content (AvgIpc) is 2.65. The van der Waals surface area contributed by atoms with Gasteiger partial charge in [0.2, 0.25) is 0 Å². The van der Waals surface area contributed by atoms with Gasteiger partial charge in [-0.1, -0.05) is 35.9 Å². The van der Waals surface area contributed by atoms with Gasteiger partial charge in [0.25, 0.3) is 10.0 Å². The lowest BCUT2D eigenvalue weighted by Gasteiger charge is -2.24. The SMILES string of the molecule is Cc1ccc(S(=O)(=O)N2C/C=C\COC(=O)c3ccccc32)cc1. The molecule has 0 fully saturated rings. The third kappa shape index (κ3) is 3.05. The molecule has 1 heterocycles. The van der Waals surface area contributed by atoms with Crippen LogP contribution in [0.2, 0.25) is 0 Å². The number of anilines is 1. The Morgan fingerprint density at radius 2 is 1.71 bits per heavy atom. The number of nitrogens with zero attached hydrogens (tertiary/aromatic N) is 1. The number of cyclic esters (lactones) is 1. The Morgan fingerprint density at radius 1 is 1.00 bits per heavy atom. The van der Waals surface area contributed by atoms with Crippen molar-refractivity contribution >= 4 is 21.7 Å². The Bertz CT molecular complexity index is 885. The van der Waals surface area contributed by atoms with Crippen molar-refractivity contribution in [3.63, 3.8) is 0 Å². The molecule has 1 aliphatic heterocycles. The lowest BCUT2D eigenvalue weighted by Crippen LogP contribution is -2.32. The molecule has 2 aromatic rings. The maximum absolute atomic E-state index is 13.1. The van der Waals surface area contributed by atoms with Crippen LogP contribution in [0.15, 0.2) is 65.6 Å². The zero-order valence-corrected chi connectivity index (χ0v) is 14.0. The van der Waals surface area contributed by atoms with E-state index in [0.717, 1.165) is 5.56 Å². The summed E-state index contributed by atoms with van der Waals surface area (Å²) in [6, 6.07) is 13.2. The van der Waals surface area contributed by atoms with Crippen LogP contribution in [-0.4, -0.2) is 27.5 Å². The Hall–Kier alpha value is -2.60. The highest BCUT2D eigenvalue weighted by atomic mass is 32.2. The molecule has 0 atom stereocenters. The molecule has 24 heavy (non-hydrogen) atoms. The zero-order valence-electron chi connectivity index (χ0n) is 13.2. The smallest absolute Gasteiger partial charge is 0.340 e. The van der Waals surface area contributed by atoms with Crippen molar-refractivity contribution in [1.82, 2.24) is 0 Å². The van der Waals surface area contributed by atoms with E-state index in [1.165, 1.54) is 4.31 Å². The number of aryl methyl sites for hydroxylation is 1. The van der Waals surface area contributed by atoms with Gasteiger partial charge in [-0.3, -0.25) is 4.31 Å². The van der Waals surface area contributed by atoms with E-state index in [1.807, 2.05) is 6.92 Å². The first-order valence-electron chi connectivity index (χ1n) is 7.51. The Kier molecular flexibility index (Phi) is 4.40. The first-order chi connectivity index (χ1) is 11.5. The minimum atomic E-state index is -3.80. The fraction of sp³-hybridized carbons (Fsp3) is 0.167. The van der Waals surface area contributed by atoms with Crippen LogP contribution in [-0.2, 0) is 14.8 Å². The largest absolute Gasteiger partial charge is 0.458 e. The molecule has 0 N–H and O–H groups in total. The Morgan fingerprint density at radius 3 is 2.46 bits per heavy atom. The van der Waals surface area contributed by atoms with E-state index in [-0.39, 0.29) is 23.6 Å². The van der Waals surface area contributed by atoms with E-state index >= 15 is 0 Å². The van der Waals surface area contributed by atoms with Gasteiger partial charge in [0.05, 0.1) is 22.7 Å². The number of hydrogen-bond donors (Lipinski definition) is 0. The summed E-state index contributed by atoms with van der Waals surface area (Å²) in [4.78, 5) is 12.4. The molecule has 0 amide bonds. The predicted octanol–water partition coefficient (Wildman–Crippen LogP) is 2.92. The van der Waals surface area contributed by atoms with E-state index in [9.17, 15) is 13.2 Å². The highest BCUT2D eigenvalue weighted by molar-refractivity contribution is 7.92. The molecular formula is C18H17NO4S. The van der Waals surface area contributed by atoms with E-state index in [2.05, 4.69) is 0 Å². The fourth-order valence-electron chi connectivity index (χ4n) is 2.47. The summed E-state index contributed by atoms with van der Waals surface area (Å²) in [7, 11) is -3.80. The van der Waals surface area contributed by atoms with Crippen LogP contribution >= 0.6 is 0 Å². The van der Waals surface area contributed by atoms with E-state index < -0.39 is 16.0 Å². The summed E-state index contributed by atoms with van der Waals surface area (Å²) in [6.07, 6.45) is 3.32. The van der Waals surface area contributed by atoms with Gasteiger partial charge in [-0.2, -0.15) is 0 Å². The highest BCUT2D eigenvalue weighted by Gasteiger charge is 2.28. The minimum Gasteiger partial charge on any atom is -0.458 e. The molecule has 0 aliphatic carbocycles. The molecule has 124 valence electrons. The number of rotatable bonds is 2. The van der Waals surface area contributed by atoms with Gasteiger partial charge < -0.3 is 4.74 Å². The zero-order chi connectivity index (χ0) is 17.2. The quantitative estimate of drug-likeness (QED) is 0.621. The molecule has 1 aliphatic rings. The van der Waals surface area contributed by atoms with Crippen molar-refractivity contribution in [3.05, 3.63) is 71.8 Å². The number of ether oxygens (including phenoxy) is 1. The van der Waals surface area contributed by atoms with Crippen LogP contribution < -0.4 is 4.31 Å². The van der Waals surface area contributed by atoms with Gasteiger partial charge in [-0.25, -0.2) is 13.2 Å². The van der Waals surface area contributed by atoms with Crippen LogP contribution in [0.1, 0.15) is 15.9 Å². The second-order valence-corrected chi connectivity index (χ2v) is 7.30. The Labute approximate surface area is 141 Å². The predicted molar refractivity (Wildman–Crippen MR) is 91.6 cm³/mol. The van der Waals surface area contributed by atoms with Crippen molar-refractivity contribution in [2.75, 3.05) is 17.5 Å². The van der Waals surface area contributed by atoms with Gasteiger partial charge in [-0.15, -0.1) is 0 Å². The Balaban J connectivity index is 2.15. The number of sulfonamides is 1. The second kappa shape index (κ2) is 6.49. The number of fused-ring (bicyclic) bond motifs is 1. The normalized spacial score (nSPS) is 16.4. The van der Waals surface area contributed by atoms with Crippen molar-refractivity contribution in [2.45, 2.75) is 11.8 Å². The molecule has 2 aromatic carbocycles. The molecule has 0 saturated heterocycles. The van der Waals surface area contributed by atoms with Gasteiger partial charge in [0.1, 0.15) is 6.61 Å². The summed E-state index contributed by atoms with van der Waals surface area (Å²) in [6.45, 7) is 2.14. The summed E-state index contributed by atoms with van der Waals surface area (Å²) >= 11 is 0. The molecule has 0 saturated carbocycles. The highest BCUT2D eigenvalue weighted by Crippen LogP contribution is 2.28. The average molecular weight is 343 g/mol. The number of carbonyl (C=O) groups is 1. The van der Waals surface area contributed by atoms with Crippen LogP contribution in [0.5, 0.6) is 0 Å². The van der Waals surface area contributed by atoms with E-state index in [1.54, 1.807) is 60.7 Å². The number of para-hydroxylation sites is 1. The van der Waals surface area contributed by atoms with Crippen molar-refractivity contribution in [2.24, 2.45) is 0 Å². The lowest BCUT2D eigenvalue weighted by molar-refractivity contribution is 0.0551. The summed E-state index contributed by atoms with van der Waals surface area (Å²) in [5.74, 6) is -0.541. The molecule has 0 unspecified atom stereocenters. The summed E-state index contributed by atoms with van der Waals surface area (Å²) < 4.78 is 32.5. The molecule has 0 spiro atoms. The van der Waals surface area contributed by atoms with Gasteiger partial charge in [0.15, 0.2) is 0 Å². The van der Waals surface area contributed by atoms with Crippen LogP contribution in [0, 0.1) is 6.92 Å². The standard InChI is InChI=1S/C18H17NO4S/c1-14-8-10-15(11-9-14)24(21,22)19-12-4-5-13-23-18(20)16-6-2-3-7-17(16)19/h2-11H,12-13H2,1H3/b5-4-. The van der Waals surface area contributed by atoms with Crippen LogP contribution in [0.4, 0.5) is 5.69 Å². The molecule has 0 radical (unpaired) electrons. The molecule has 6 heteroatoms. The maximum atomic E-state index is 13.1. The van der Waals surface area contributed by atoms with E-state index in [4.69, 9.17) is 4.74 Å². The number of carbonyl (C=O) groups excluding carboxylic acids is 1. The van der Waals surface area contributed by atoms with Gasteiger partial charge in [0, 0.05) is 0 Å². The van der Waals surface area contributed by atoms with Crippen LogP contribution in [0.25, 0.3) is 0 Å². The number of esters is 1. The molecule has 0 bridgehead atoms. The van der Waals surface area contributed by atoms with Crippen molar-refractivity contribution in [3.8, 4) is 0 Å². The maximum Gasteiger partial charge on any atom is 0.340 e. The number of benzene rings is 2. The first-order valence-corrected chi connectivity index (χ1v) is 8.95. The molecular weight excluding hydrogens is 326 g/mol. The van der Waals surface area contributed by atoms with Crippen molar-refractivity contribution < 1.29 is 17.9 Å². The van der Waals surface area contributed by atoms with E-state index in [0.29, 0.717) is 5.69 Å². The summed E-state index contributed by atoms with van der Waals surface area (Å²) in [5, 5.41) is 0. The van der Waals surface area contributed by atoms with Gasteiger partial charge >= 0.3 is 5.97 Å². The monoisotopic (exact) mass is 343 g/mol. The third-order valence-corrected chi connectivity index (χ3v) is 5.54. The fourth-order valence-corrected chi connectivity index (χ4v) is 3.90. The molecule has 5 nitrogen and oxygen atoms in total. The summed E-state index contributed by atoms with van der Waals surface area (Å²) in [5.41, 5.74) is 1.52. The molecule has 0 aromatic heterocycles. The number of hydrogen-bond acceptors (Lipinski definition) is 4. The molecule has 3 rings (SSSR count). The topological polar surface area (TPSA) is 63.7 Å². The lowest BCUT2D eigenvalue weighted by atomic mass is 10.2.